The fraction of sp³-hybridized carbons (Fsp3) is 0.467. The molecule has 1 amide bonds. The minimum Gasteiger partial charge on any atom is -0.325 e. The Hall–Kier alpha value is -1.86. The largest absolute Gasteiger partial charge is 0.325 e. The van der Waals surface area contributed by atoms with Crippen molar-refractivity contribution in [2.45, 2.75) is 26.3 Å². The van der Waals surface area contributed by atoms with E-state index in [1.807, 2.05) is 0 Å². The van der Waals surface area contributed by atoms with Crippen LogP contribution >= 0.6 is 0 Å². The predicted octanol–water partition coefficient (Wildman–Crippen LogP) is 2.23. The van der Waals surface area contributed by atoms with Gasteiger partial charge in [-0.25, -0.2) is 0 Å². The van der Waals surface area contributed by atoms with Crippen molar-refractivity contribution < 1.29 is 4.79 Å². The number of likely N-dealkylation sites (tertiary alicyclic amines) is 1. The molecule has 19 heavy (non-hydrogen) atoms. The van der Waals surface area contributed by atoms with Crippen LogP contribution in [0.4, 0.5) is 5.69 Å². The smallest absolute Gasteiger partial charge is 0.238 e. The second kappa shape index (κ2) is 5.85. The molecule has 0 saturated carbocycles. The minimum atomic E-state index is 0.00524. The summed E-state index contributed by atoms with van der Waals surface area (Å²) in [6.07, 6.45) is 1.16. The van der Waals surface area contributed by atoms with Gasteiger partial charge in [0.2, 0.25) is 5.91 Å². The van der Waals surface area contributed by atoms with Crippen LogP contribution in [-0.2, 0) is 4.79 Å². The van der Waals surface area contributed by atoms with Crippen LogP contribution in [0.15, 0.2) is 24.3 Å². The van der Waals surface area contributed by atoms with E-state index in [2.05, 4.69) is 30.1 Å². The van der Waals surface area contributed by atoms with Crippen LogP contribution in [-0.4, -0.2) is 29.9 Å². The van der Waals surface area contributed by atoms with Crippen molar-refractivity contribution in [1.29, 1.82) is 5.26 Å². The first-order chi connectivity index (χ1) is 9.08. The van der Waals surface area contributed by atoms with Crippen LogP contribution in [0, 0.1) is 17.2 Å². The summed E-state index contributed by atoms with van der Waals surface area (Å²) in [5.74, 6) is 0.670. The zero-order valence-electron chi connectivity index (χ0n) is 11.4. The Kier molecular flexibility index (Phi) is 4.18. The molecule has 4 nitrogen and oxygen atoms in total. The fourth-order valence-corrected chi connectivity index (χ4v) is 2.62. The van der Waals surface area contributed by atoms with Crippen LogP contribution in [0.1, 0.15) is 25.8 Å². The van der Waals surface area contributed by atoms with Crippen LogP contribution in [0.5, 0.6) is 0 Å². The first kappa shape index (κ1) is 13.6. The van der Waals surface area contributed by atoms with E-state index < -0.39 is 0 Å². The Labute approximate surface area is 114 Å². The van der Waals surface area contributed by atoms with Crippen LogP contribution in [0.25, 0.3) is 0 Å². The highest BCUT2D eigenvalue weighted by Crippen LogP contribution is 2.21. The zero-order chi connectivity index (χ0) is 13.8. The van der Waals surface area contributed by atoms with Crippen molar-refractivity contribution in [2.75, 3.05) is 18.4 Å². The highest BCUT2D eigenvalue weighted by molar-refractivity contribution is 5.92. The molecule has 0 aromatic heterocycles. The number of nitrogens with zero attached hydrogens (tertiary/aromatic N) is 2. The molecule has 1 aliphatic rings. The number of carbonyl (C=O) groups excluding carboxylic acids is 1. The fourth-order valence-electron chi connectivity index (χ4n) is 2.62. The molecular formula is C15H19N3O. The number of hydrogen-bond acceptors (Lipinski definition) is 3. The standard InChI is InChI=1S/C15H19N3O/c1-11-7-12(2)18(9-11)10-15(19)17-14-5-3-13(8-16)4-6-14/h3-6,11-12H,7,9-10H2,1-2H3,(H,17,19). The normalized spacial score (nSPS) is 23.0. The van der Waals surface area contributed by atoms with E-state index in [9.17, 15) is 4.79 Å². The number of benzene rings is 1. The molecule has 1 N–H and O–H groups in total. The Morgan fingerprint density at radius 3 is 2.63 bits per heavy atom. The zero-order valence-corrected chi connectivity index (χ0v) is 11.4. The monoisotopic (exact) mass is 257 g/mol. The first-order valence-electron chi connectivity index (χ1n) is 6.62. The van der Waals surface area contributed by atoms with Gasteiger partial charge in [-0.1, -0.05) is 6.92 Å². The summed E-state index contributed by atoms with van der Waals surface area (Å²) in [6.45, 7) is 5.81. The summed E-state index contributed by atoms with van der Waals surface area (Å²) in [4.78, 5) is 14.2. The number of carbonyl (C=O) groups is 1. The lowest BCUT2D eigenvalue weighted by molar-refractivity contribution is -0.117. The van der Waals surface area contributed by atoms with Crippen molar-refractivity contribution in [2.24, 2.45) is 5.92 Å². The van der Waals surface area contributed by atoms with E-state index >= 15 is 0 Å². The molecule has 1 fully saturated rings. The number of anilines is 1. The van der Waals surface area contributed by atoms with Crippen molar-refractivity contribution >= 4 is 11.6 Å². The number of hydrogen-bond donors (Lipinski definition) is 1. The van der Waals surface area contributed by atoms with E-state index in [0.717, 1.165) is 18.7 Å². The number of nitriles is 1. The number of amides is 1. The van der Waals surface area contributed by atoms with E-state index in [-0.39, 0.29) is 5.91 Å². The highest BCUT2D eigenvalue weighted by Gasteiger charge is 2.27. The third kappa shape index (κ3) is 3.55. The van der Waals surface area contributed by atoms with Gasteiger partial charge in [-0.2, -0.15) is 5.26 Å². The minimum absolute atomic E-state index is 0.00524. The second-order valence-electron chi connectivity index (χ2n) is 5.36. The SMILES string of the molecule is CC1CC(C)N(CC(=O)Nc2ccc(C#N)cc2)C1. The maximum atomic E-state index is 12.0. The summed E-state index contributed by atoms with van der Waals surface area (Å²) in [5, 5.41) is 11.6. The molecule has 1 aliphatic heterocycles. The van der Waals surface area contributed by atoms with E-state index in [4.69, 9.17) is 5.26 Å². The quantitative estimate of drug-likeness (QED) is 0.903. The molecule has 1 aromatic carbocycles. The summed E-state index contributed by atoms with van der Waals surface area (Å²) in [5.41, 5.74) is 1.34. The molecule has 1 saturated heterocycles. The third-order valence-electron chi connectivity index (χ3n) is 3.56. The molecule has 1 aromatic rings. The van der Waals surface area contributed by atoms with Gasteiger partial charge in [0.15, 0.2) is 0 Å². The molecule has 0 radical (unpaired) electrons. The first-order valence-corrected chi connectivity index (χ1v) is 6.62. The van der Waals surface area contributed by atoms with Crippen molar-refractivity contribution in [3.05, 3.63) is 29.8 Å². The summed E-state index contributed by atoms with van der Waals surface area (Å²) in [7, 11) is 0. The highest BCUT2D eigenvalue weighted by atomic mass is 16.2. The average molecular weight is 257 g/mol. The molecule has 2 unspecified atom stereocenters. The molecule has 0 spiro atoms. The molecular weight excluding hydrogens is 238 g/mol. The topological polar surface area (TPSA) is 56.1 Å². The van der Waals surface area contributed by atoms with Crippen molar-refractivity contribution in [3.8, 4) is 6.07 Å². The van der Waals surface area contributed by atoms with E-state index in [1.165, 1.54) is 0 Å². The third-order valence-corrected chi connectivity index (χ3v) is 3.56. The van der Waals surface area contributed by atoms with Gasteiger partial charge < -0.3 is 5.32 Å². The Balaban J connectivity index is 1.89. The number of rotatable bonds is 3. The molecule has 1 heterocycles. The molecule has 2 rings (SSSR count). The Morgan fingerprint density at radius 2 is 2.11 bits per heavy atom. The maximum Gasteiger partial charge on any atom is 0.238 e. The van der Waals surface area contributed by atoms with Gasteiger partial charge in [0, 0.05) is 18.3 Å². The van der Waals surface area contributed by atoms with E-state index in [1.54, 1.807) is 24.3 Å². The van der Waals surface area contributed by atoms with Crippen LogP contribution in [0.3, 0.4) is 0 Å². The van der Waals surface area contributed by atoms with Gasteiger partial charge >= 0.3 is 0 Å². The second-order valence-corrected chi connectivity index (χ2v) is 5.36. The van der Waals surface area contributed by atoms with Crippen LogP contribution in [0.2, 0.25) is 0 Å². The van der Waals surface area contributed by atoms with Gasteiger partial charge in [0.25, 0.3) is 0 Å². The van der Waals surface area contributed by atoms with Crippen molar-refractivity contribution in [1.82, 2.24) is 4.90 Å². The lowest BCUT2D eigenvalue weighted by atomic mass is 10.1. The van der Waals surface area contributed by atoms with Gasteiger partial charge in [-0.15, -0.1) is 0 Å². The van der Waals surface area contributed by atoms with E-state index in [0.29, 0.717) is 24.1 Å². The molecule has 0 aliphatic carbocycles. The average Bonchev–Trinajstić information content (AvgIpc) is 2.68. The predicted molar refractivity (Wildman–Crippen MR) is 74.6 cm³/mol. The molecule has 4 heteroatoms. The van der Waals surface area contributed by atoms with Gasteiger partial charge in [-0.05, 0) is 43.5 Å². The summed E-state index contributed by atoms with van der Waals surface area (Å²) in [6, 6.07) is 9.45. The molecule has 0 bridgehead atoms. The Bertz CT molecular complexity index is 489. The lowest BCUT2D eigenvalue weighted by Gasteiger charge is -2.20. The van der Waals surface area contributed by atoms with Crippen LogP contribution < -0.4 is 5.32 Å². The molecule has 2 atom stereocenters. The number of nitrogens with one attached hydrogen (secondary N) is 1. The summed E-state index contributed by atoms with van der Waals surface area (Å²) < 4.78 is 0. The van der Waals surface area contributed by atoms with Gasteiger partial charge in [0.1, 0.15) is 0 Å². The lowest BCUT2D eigenvalue weighted by Crippen LogP contribution is -2.35. The van der Waals surface area contributed by atoms with Gasteiger partial charge in [-0.3, -0.25) is 9.69 Å². The maximum absolute atomic E-state index is 12.0. The Morgan fingerprint density at radius 1 is 1.42 bits per heavy atom. The molecule has 100 valence electrons. The van der Waals surface area contributed by atoms with Gasteiger partial charge in [0.05, 0.1) is 18.2 Å². The van der Waals surface area contributed by atoms with Crippen molar-refractivity contribution in [3.63, 3.8) is 0 Å². The summed E-state index contributed by atoms with van der Waals surface area (Å²) >= 11 is 0.